The summed E-state index contributed by atoms with van der Waals surface area (Å²) in [4.78, 5) is 23.2. The van der Waals surface area contributed by atoms with Gasteiger partial charge in [-0.3, -0.25) is 15.4 Å². The molecule has 0 radical (unpaired) electrons. The van der Waals surface area contributed by atoms with Gasteiger partial charge in [0, 0.05) is 24.4 Å². The van der Waals surface area contributed by atoms with Crippen molar-refractivity contribution in [2.45, 2.75) is 18.7 Å². The van der Waals surface area contributed by atoms with E-state index in [1.54, 1.807) is 19.1 Å². The second-order valence-electron chi connectivity index (χ2n) is 4.24. The largest absolute Gasteiger partial charge is 0.351 e. The van der Waals surface area contributed by atoms with Crippen LogP contribution in [-0.2, 0) is 10.5 Å². The molecular weight excluding hydrogens is 276 g/mol. The van der Waals surface area contributed by atoms with Gasteiger partial charge in [0.1, 0.15) is 0 Å². The minimum atomic E-state index is -0.374. The van der Waals surface area contributed by atoms with Gasteiger partial charge in [-0.2, -0.15) is 0 Å². The Kier molecular flexibility index (Phi) is 7.24. The van der Waals surface area contributed by atoms with Gasteiger partial charge in [0.2, 0.25) is 5.12 Å². The first kappa shape index (κ1) is 16.6. The van der Waals surface area contributed by atoms with Crippen LogP contribution in [0.1, 0.15) is 22.8 Å². The number of benzene rings is 1. The van der Waals surface area contributed by atoms with Crippen LogP contribution in [0.5, 0.6) is 0 Å². The molecule has 1 aromatic carbocycles. The fraction of sp³-hybridized carbons (Fsp3) is 0.385. The van der Waals surface area contributed by atoms with Crippen molar-refractivity contribution >= 4 is 22.8 Å². The van der Waals surface area contributed by atoms with Crippen LogP contribution in [0.25, 0.3) is 0 Å². The molecule has 0 saturated heterocycles. The van der Waals surface area contributed by atoms with E-state index in [1.807, 2.05) is 12.1 Å². The summed E-state index contributed by atoms with van der Waals surface area (Å²) in [6.45, 7) is 2.57. The maximum atomic E-state index is 11.7. The number of hydrogen-bond acceptors (Lipinski definition) is 6. The number of nitrogens with two attached hydrogens (primary N) is 2. The minimum Gasteiger partial charge on any atom is -0.351 e. The highest BCUT2D eigenvalue weighted by atomic mass is 32.2. The number of thioether (sulfide) groups is 1. The first-order valence-corrected chi connectivity index (χ1v) is 7.27. The highest BCUT2D eigenvalue weighted by Gasteiger charge is 2.11. The Balaban J connectivity index is 2.50. The number of hydrogen-bond donors (Lipinski definition) is 4. The maximum absolute atomic E-state index is 11.7. The summed E-state index contributed by atoms with van der Waals surface area (Å²) in [5.41, 5.74) is 9.28. The Morgan fingerprint density at radius 3 is 2.50 bits per heavy atom. The molecule has 0 saturated carbocycles. The molecule has 0 bridgehead atoms. The van der Waals surface area contributed by atoms with Crippen molar-refractivity contribution in [3.05, 3.63) is 35.4 Å². The summed E-state index contributed by atoms with van der Waals surface area (Å²) < 4.78 is 0. The Morgan fingerprint density at radius 2 is 1.95 bits per heavy atom. The van der Waals surface area contributed by atoms with Crippen LogP contribution in [-0.4, -0.2) is 30.2 Å². The van der Waals surface area contributed by atoms with Gasteiger partial charge in [-0.05, 0) is 24.6 Å². The highest BCUT2D eigenvalue weighted by molar-refractivity contribution is 8.13. The van der Waals surface area contributed by atoms with E-state index in [1.165, 1.54) is 11.8 Å². The monoisotopic (exact) mass is 296 g/mol. The molecule has 0 fully saturated rings. The molecule has 20 heavy (non-hydrogen) atoms. The van der Waals surface area contributed by atoms with Gasteiger partial charge in [0.05, 0.1) is 6.04 Å². The van der Waals surface area contributed by atoms with Crippen LogP contribution in [0, 0.1) is 0 Å². The first-order chi connectivity index (χ1) is 9.58. The van der Waals surface area contributed by atoms with Crippen LogP contribution < -0.4 is 22.3 Å². The number of amides is 1. The molecular formula is C13H20N4O2S. The van der Waals surface area contributed by atoms with Crippen molar-refractivity contribution in [2.24, 2.45) is 11.6 Å². The van der Waals surface area contributed by atoms with Crippen molar-refractivity contribution in [3.63, 3.8) is 0 Å². The zero-order valence-corrected chi connectivity index (χ0v) is 12.2. The third kappa shape index (κ3) is 5.30. The molecule has 0 aliphatic heterocycles. The van der Waals surface area contributed by atoms with E-state index in [2.05, 4.69) is 10.7 Å². The maximum Gasteiger partial charge on any atom is 0.251 e. The molecule has 0 aliphatic rings. The van der Waals surface area contributed by atoms with Crippen LogP contribution in [0.3, 0.4) is 0 Å². The lowest BCUT2D eigenvalue weighted by atomic mass is 10.1. The number of nitrogens with one attached hydrogen (secondary N) is 2. The van der Waals surface area contributed by atoms with Crippen LogP contribution in [0.15, 0.2) is 24.3 Å². The van der Waals surface area contributed by atoms with Gasteiger partial charge in [0.25, 0.3) is 5.91 Å². The summed E-state index contributed by atoms with van der Waals surface area (Å²) in [6, 6.07) is 6.76. The van der Waals surface area contributed by atoms with Crippen molar-refractivity contribution in [1.82, 2.24) is 10.7 Å². The predicted molar refractivity (Wildman–Crippen MR) is 80.9 cm³/mol. The third-order valence-corrected chi connectivity index (χ3v) is 3.75. The Morgan fingerprint density at radius 1 is 1.30 bits per heavy atom. The Hall–Kier alpha value is -1.41. The molecule has 0 spiro atoms. The summed E-state index contributed by atoms with van der Waals surface area (Å²) in [5, 5.41) is 2.68. The quantitative estimate of drug-likeness (QED) is 0.416. The highest BCUT2D eigenvalue weighted by Crippen LogP contribution is 2.15. The second-order valence-corrected chi connectivity index (χ2v) is 5.22. The van der Waals surface area contributed by atoms with Gasteiger partial charge in [-0.1, -0.05) is 23.9 Å². The van der Waals surface area contributed by atoms with Gasteiger partial charge in [-0.15, -0.1) is 0 Å². The molecule has 110 valence electrons. The van der Waals surface area contributed by atoms with Crippen molar-refractivity contribution < 1.29 is 9.59 Å². The summed E-state index contributed by atoms with van der Waals surface area (Å²) in [7, 11) is 0. The van der Waals surface area contributed by atoms with Gasteiger partial charge in [-0.25, -0.2) is 5.43 Å². The van der Waals surface area contributed by atoms with Crippen LogP contribution in [0.2, 0.25) is 0 Å². The second kappa shape index (κ2) is 8.70. The van der Waals surface area contributed by atoms with Crippen LogP contribution in [0.4, 0.5) is 0 Å². The van der Waals surface area contributed by atoms with Gasteiger partial charge >= 0.3 is 0 Å². The molecule has 1 amide bonds. The van der Waals surface area contributed by atoms with E-state index in [9.17, 15) is 9.59 Å². The number of hydrazine groups is 1. The van der Waals surface area contributed by atoms with E-state index < -0.39 is 0 Å². The Labute approximate surface area is 122 Å². The SMILES string of the molecule is CC(NN)C(=O)SCc1ccc(C(=O)NCCN)cc1. The normalized spacial score (nSPS) is 11.9. The molecule has 0 aliphatic carbocycles. The summed E-state index contributed by atoms with van der Waals surface area (Å²) in [5.74, 6) is 5.60. The van der Waals surface area contributed by atoms with E-state index in [4.69, 9.17) is 11.6 Å². The van der Waals surface area contributed by atoms with E-state index >= 15 is 0 Å². The molecule has 0 heterocycles. The average Bonchev–Trinajstić information content (AvgIpc) is 2.49. The van der Waals surface area contributed by atoms with E-state index in [0.717, 1.165) is 5.56 Å². The molecule has 1 atom stereocenters. The smallest absolute Gasteiger partial charge is 0.251 e. The van der Waals surface area contributed by atoms with Gasteiger partial charge in [0.15, 0.2) is 0 Å². The topological polar surface area (TPSA) is 110 Å². The van der Waals surface area contributed by atoms with Crippen LogP contribution >= 0.6 is 11.8 Å². The summed E-state index contributed by atoms with van der Waals surface area (Å²) >= 11 is 1.19. The molecule has 1 aromatic rings. The molecule has 1 unspecified atom stereocenters. The first-order valence-electron chi connectivity index (χ1n) is 6.28. The molecule has 0 aromatic heterocycles. The fourth-order valence-electron chi connectivity index (χ4n) is 1.39. The minimum absolute atomic E-state index is 0.0164. The van der Waals surface area contributed by atoms with Gasteiger partial charge < -0.3 is 11.1 Å². The summed E-state index contributed by atoms with van der Waals surface area (Å²) in [6.07, 6.45) is 0. The van der Waals surface area contributed by atoms with E-state index in [0.29, 0.717) is 24.4 Å². The van der Waals surface area contributed by atoms with E-state index in [-0.39, 0.29) is 17.1 Å². The molecule has 7 heteroatoms. The Bertz CT molecular complexity index is 450. The lowest BCUT2D eigenvalue weighted by molar-refractivity contribution is -0.112. The third-order valence-electron chi connectivity index (χ3n) is 2.63. The van der Waals surface area contributed by atoms with Crippen molar-refractivity contribution in [3.8, 4) is 0 Å². The zero-order valence-electron chi connectivity index (χ0n) is 11.4. The molecule has 6 N–H and O–H groups in total. The van der Waals surface area contributed by atoms with Crippen molar-refractivity contribution in [2.75, 3.05) is 13.1 Å². The zero-order chi connectivity index (χ0) is 15.0. The average molecular weight is 296 g/mol. The fourth-order valence-corrected chi connectivity index (χ4v) is 2.21. The predicted octanol–water partition coefficient (Wildman–Crippen LogP) is -0.0133. The molecule has 6 nitrogen and oxygen atoms in total. The lowest BCUT2D eigenvalue weighted by Crippen LogP contribution is -2.37. The standard InChI is InChI=1S/C13H20N4O2S/c1-9(17-15)13(19)20-8-10-2-4-11(5-3-10)12(18)16-7-6-14/h2-5,9,17H,6-8,14-15H2,1H3,(H,16,18). The lowest BCUT2D eigenvalue weighted by Gasteiger charge is -2.08. The van der Waals surface area contributed by atoms with Crippen molar-refractivity contribution in [1.29, 1.82) is 0 Å². The molecule has 1 rings (SSSR count). The number of carbonyl (C=O) groups is 2. The number of rotatable bonds is 7. The number of carbonyl (C=O) groups excluding carboxylic acids is 2.